The highest BCUT2D eigenvalue weighted by Crippen LogP contribution is 2.17. The Bertz CT molecular complexity index is 1530. The third kappa shape index (κ3) is 67.3. The van der Waals surface area contributed by atoms with Crippen LogP contribution in [0.25, 0.3) is 0 Å². The molecule has 6 nitrogen and oxygen atoms in total. The molecule has 0 aliphatic carbocycles. The molecule has 0 aliphatic rings. The van der Waals surface area contributed by atoms with Crippen molar-refractivity contribution in [1.29, 1.82) is 0 Å². The topological polar surface area (TPSA) is 78.9 Å². The largest absolute Gasteiger partial charge is 0.462 e. The van der Waals surface area contributed by atoms with E-state index in [9.17, 15) is 14.4 Å². The maximum atomic E-state index is 13.0. The zero-order valence-corrected chi connectivity index (χ0v) is 53.8. The van der Waals surface area contributed by atoms with Crippen molar-refractivity contribution < 1.29 is 28.6 Å². The van der Waals surface area contributed by atoms with E-state index in [0.29, 0.717) is 19.3 Å². The van der Waals surface area contributed by atoms with Gasteiger partial charge < -0.3 is 14.2 Å². The van der Waals surface area contributed by atoms with E-state index < -0.39 is 6.10 Å². The van der Waals surface area contributed by atoms with E-state index in [2.05, 4.69) is 106 Å². The molecule has 0 aliphatic heterocycles. The average Bonchev–Trinajstić information content (AvgIpc) is 3.47. The highest BCUT2D eigenvalue weighted by atomic mass is 16.6. The van der Waals surface area contributed by atoms with Gasteiger partial charge >= 0.3 is 17.9 Å². The van der Waals surface area contributed by atoms with Gasteiger partial charge in [-0.15, -0.1) is 0 Å². The van der Waals surface area contributed by atoms with Crippen molar-refractivity contribution in [3.63, 3.8) is 0 Å². The molecule has 0 fully saturated rings. The minimum Gasteiger partial charge on any atom is -0.462 e. The number of esters is 3. The fraction of sp³-hybridized carbons (Fsp3) is 0.773. The summed E-state index contributed by atoms with van der Waals surface area (Å²) in [6.45, 7) is 6.56. The van der Waals surface area contributed by atoms with E-state index in [1.165, 1.54) is 205 Å². The van der Waals surface area contributed by atoms with Crippen molar-refractivity contribution in [1.82, 2.24) is 0 Å². The first-order valence-electron chi connectivity index (χ1n) is 35.1. The highest BCUT2D eigenvalue weighted by molar-refractivity contribution is 5.71. The maximum Gasteiger partial charge on any atom is 0.306 e. The van der Waals surface area contributed by atoms with Crippen LogP contribution in [0.5, 0.6) is 0 Å². The van der Waals surface area contributed by atoms with Gasteiger partial charge in [0.15, 0.2) is 6.10 Å². The van der Waals surface area contributed by atoms with Gasteiger partial charge in [0.1, 0.15) is 13.2 Å². The summed E-state index contributed by atoms with van der Waals surface area (Å²) in [6.07, 6.45) is 91.7. The van der Waals surface area contributed by atoms with Gasteiger partial charge in [-0.25, -0.2) is 0 Å². The number of carbonyl (C=O) groups is 3. The zero-order valence-electron chi connectivity index (χ0n) is 53.8. The monoisotopic (exact) mass is 1130 g/mol. The molecule has 6 heteroatoms. The standard InChI is InChI=1S/C75H132O6/c1-4-7-10-13-16-19-22-25-28-31-34-36-37-39-41-44-47-50-53-56-59-62-65-68-74(77)80-71-72(70-79-73(76)67-64-61-58-55-52-49-46-43-40-33-30-27-24-21-18-15-12-9-6-3)81-75(78)69-66-63-60-57-54-51-48-45-42-38-35-32-29-26-23-20-17-14-11-8-5-2/h7,10,16,19,25,28,32,34-36,39,41,47,50,72H,4-6,8-9,11-15,17-18,20-24,26-27,29-31,33,37-38,40,42-46,48-49,51-71H2,1-3H3/b10-7-,19-16-,28-25-,35-32-,36-34-,41-39-,50-47-. The minimum absolute atomic E-state index is 0.0822. The van der Waals surface area contributed by atoms with Crippen LogP contribution in [0.15, 0.2) is 85.1 Å². The van der Waals surface area contributed by atoms with Gasteiger partial charge in [-0.2, -0.15) is 0 Å². The summed E-state index contributed by atoms with van der Waals surface area (Å²) in [7, 11) is 0. The van der Waals surface area contributed by atoms with Crippen LogP contribution >= 0.6 is 0 Å². The van der Waals surface area contributed by atoms with Gasteiger partial charge in [0, 0.05) is 19.3 Å². The van der Waals surface area contributed by atoms with Crippen LogP contribution < -0.4 is 0 Å². The van der Waals surface area contributed by atoms with Crippen molar-refractivity contribution in [2.24, 2.45) is 0 Å². The van der Waals surface area contributed by atoms with Crippen LogP contribution in [-0.2, 0) is 28.6 Å². The van der Waals surface area contributed by atoms with Crippen LogP contribution in [0.3, 0.4) is 0 Å². The SMILES string of the molecule is CC/C=C\C/C=C\C/C=C\C/C=C\C/C=C\C/C=C\CCCCCCC(=O)OCC(COC(=O)CCCCCCCCCCCCCCCCCCCCC)OC(=O)CCCCCCCCCCC/C=C\CCCCCCCCCC. The van der Waals surface area contributed by atoms with E-state index in [1.54, 1.807) is 0 Å². The molecule has 0 aromatic rings. The van der Waals surface area contributed by atoms with Crippen molar-refractivity contribution >= 4 is 17.9 Å². The molecule has 0 N–H and O–H groups in total. The van der Waals surface area contributed by atoms with Crippen LogP contribution in [0.2, 0.25) is 0 Å². The Balaban J connectivity index is 4.41. The number of rotatable bonds is 64. The van der Waals surface area contributed by atoms with Crippen molar-refractivity contribution in [3.05, 3.63) is 85.1 Å². The quantitative estimate of drug-likeness (QED) is 0.0261. The molecule has 0 rings (SSSR count). The molecule has 0 amide bonds. The number of allylic oxidation sites excluding steroid dienone is 14. The molecule has 0 aromatic carbocycles. The maximum absolute atomic E-state index is 13.0. The lowest BCUT2D eigenvalue weighted by molar-refractivity contribution is -0.167. The molecule has 0 bridgehead atoms. The van der Waals surface area contributed by atoms with Gasteiger partial charge in [-0.05, 0) is 96.3 Å². The highest BCUT2D eigenvalue weighted by Gasteiger charge is 2.19. The van der Waals surface area contributed by atoms with E-state index in [4.69, 9.17) is 14.2 Å². The number of ether oxygens (including phenoxy) is 3. The molecule has 0 saturated heterocycles. The molecular formula is C75H132O6. The molecule has 81 heavy (non-hydrogen) atoms. The molecule has 1 atom stereocenters. The number of hydrogen-bond donors (Lipinski definition) is 0. The molecule has 0 heterocycles. The van der Waals surface area contributed by atoms with E-state index in [-0.39, 0.29) is 31.1 Å². The summed E-state index contributed by atoms with van der Waals surface area (Å²) in [5, 5.41) is 0. The summed E-state index contributed by atoms with van der Waals surface area (Å²) in [5.74, 6) is -0.890. The van der Waals surface area contributed by atoms with E-state index in [1.807, 2.05) is 0 Å². The Labute approximate surface area is 503 Å². The Morgan fingerprint density at radius 3 is 0.765 bits per heavy atom. The third-order valence-electron chi connectivity index (χ3n) is 15.4. The van der Waals surface area contributed by atoms with E-state index in [0.717, 1.165) is 109 Å². The first kappa shape index (κ1) is 77.6. The molecule has 0 spiro atoms. The fourth-order valence-electron chi connectivity index (χ4n) is 10.2. The van der Waals surface area contributed by atoms with E-state index >= 15 is 0 Å². The second-order valence-corrected chi connectivity index (χ2v) is 23.4. The Morgan fingerprint density at radius 1 is 0.259 bits per heavy atom. The van der Waals surface area contributed by atoms with Crippen molar-refractivity contribution in [3.8, 4) is 0 Å². The summed E-state index contributed by atoms with van der Waals surface area (Å²) in [4.78, 5) is 38.5. The van der Waals surface area contributed by atoms with Crippen molar-refractivity contribution in [2.75, 3.05) is 13.2 Å². The molecule has 1 unspecified atom stereocenters. The summed E-state index contributed by atoms with van der Waals surface area (Å²) in [5.41, 5.74) is 0. The van der Waals surface area contributed by atoms with Gasteiger partial charge in [0.25, 0.3) is 0 Å². The lowest BCUT2D eigenvalue weighted by atomic mass is 10.0. The van der Waals surface area contributed by atoms with Gasteiger partial charge in [-0.1, -0.05) is 324 Å². The van der Waals surface area contributed by atoms with Gasteiger partial charge in [0.2, 0.25) is 0 Å². The molecule has 468 valence electrons. The lowest BCUT2D eigenvalue weighted by Gasteiger charge is -2.18. The molecular weight excluding hydrogens is 997 g/mol. The first-order valence-corrected chi connectivity index (χ1v) is 35.1. The Morgan fingerprint density at radius 2 is 0.481 bits per heavy atom. The predicted molar refractivity (Wildman–Crippen MR) is 353 cm³/mol. The first-order chi connectivity index (χ1) is 40.0. The zero-order chi connectivity index (χ0) is 58.5. The number of unbranched alkanes of at least 4 members (excludes halogenated alkanes) is 39. The second kappa shape index (κ2) is 69.1. The summed E-state index contributed by atoms with van der Waals surface area (Å²) >= 11 is 0. The average molecular weight is 1130 g/mol. The third-order valence-corrected chi connectivity index (χ3v) is 15.4. The normalized spacial score (nSPS) is 12.6. The van der Waals surface area contributed by atoms with Gasteiger partial charge in [0.05, 0.1) is 0 Å². The van der Waals surface area contributed by atoms with Gasteiger partial charge in [-0.3, -0.25) is 14.4 Å². The van der Waals surface area contributed by atoms with Crippen LogP contribution in [-0.4, -0.2) is 37.2 Å². The Hall–Kier alpha value is -3.41. The molecule has 0 aromatic heterocycles. The molecule has 0 saturated carbocycles. The Kier molecular flexibility index (Phi) is 66.2. The second-order valence-electron chi connectivity index (χ2n) is 23.4. The van der Waals surface area contributed by atoms with Crippen molar-refractivity contribution in [2.45, 2.75) is 361 Å². The van der Waals surface area contributed by atoms with Crippen LogP contribution in [0, 0.1) is 0 Å². The number of hydrogen-bond acceptors (Lipinski definition) is 6. The predicted octanol–water partition coefficient (Wildman–Crippen LogP) is 24.2. The smallest absolute Gasteiger partial charge is 0.306 e. The fourth-order valence-corrected chi connectivity index (χ4v) is 10.2. The lowest BCUT2D eigenvalue weighted by Crippen LogP contribution is -2.30. The van der Waals surface area contributed by atoms with Crippen LogP contribution in [0.1, 0.15) is 355 Å². The number of carbonyl (C=O) groups excluding carboxylic acids is 3. The summed E-state index contributed by atoms with van der Waals surface area (Å²) < 4.78 is 17.0. The van der Waals surface area contributed by atoms with Crippen LogP contribution in [0.4, 0.5) is 0 Å². The molecule has 0 radical (unpaired) electrons. The minimum atomic E-state index is -0.790. The summed E-state index contributed by atoms with van der Waals surface area (Å²) in [6, 6.07) is 0.